The lowest BCUT2D eigenvalue weighted by Gasteiger charge is -2.21. The molecule has 0 spiro atoms. The number of anilines is 1. The maximum atomic E-state index is 12.6. The number of fused-ring (bicyclic) bond motifs is 1. The van der Waals surface area contributed by atoms with Crippen LogP contribution in [0.5, 0.6) is 5.75 Å². The molecule has 0 radical (unpaired) electrons. The molecule has 0 aliphatic rings. The van der Waals surface area contributed by atoms with Gasteiger partial charge in [-0.15, -0.1) is 0 Å². The van der Waals surface area contributed by atoms with E-state index >= 15 is 0 Å². The third-order valence-electron chi connectivity index (χ3n) is 4.46. The first-order valence-corrected chi connectivity index (χ1v) is 9.61. The molecule has 146 valence electrons. The van der Waals surface area contributed by atoms with Gasteiger partial charge in [0.15, 0.2) is 0 Å². The van der Waals surface area contributed by atoms with Crippen molar-refractivity contribution in [3.8, 4) is 17.0 Å². The predicted molar refractivity (Wildman–Crippen MR) is 125 cm³/mol. The van der Waals surface area contributed by atoms with Gasteiger partial charge in [0, 0.05) is 35.1 Å². The highest BCUT2D eigenvalue weighted by Gasteiger charge is 2.13. The van der Waals surface area contributed by atoms with Crippen LogP contribution >= 0.6 is 0 Å². The fourth-order valence-electron chi connectivity index (χ4n) is 3.09. The zero-order valence-electron chi connectivity index (χ0n) is 17.4. The Morgan fingerprint density at radius 1 is 1.07 bits per heavy atom. The Balaban J connectivity index is 1.54. The molecule has 30 heavy (non-hydrogen) atoms. The molecule has 1 N–H and O–H groups in total. The molecule has 0 aliphatic carbocycles. The first-order chi connectivity index (χ1) is 14.3. The summed E-state index contributed by atoms with van der Waals surface area (Å²) in [5, 5.41) is 3.44. The molecule has 0 saturated carbocycles. The summed E-state index contributed by atoms with van der Waals surface area (Å²) < 4.78 is 7.73. The van der Waals surface area contributed by atoms with Crippen LogP contribution in [0.25, 0.3) is 22.2 Å². The van der Waals surface area contributed by atoms with Gasteiger partial charge in [0.05, 0.1) is 29.9 Å². The van der Waals surface area contributed by atoms with Gasteiger partial charge in [-0.3, -0.25) is 9.78 Å². The average molecular weight is 395 g/mol. The fourth-order valence-corrected chi connectivity index (χ4v) is 3.09. The molecule has 7 nitrogen and oxygen atoms in total. The Hall–Kier alpha value is -3.55. The number of carbonyl (C=O) groups is 1. The molecular weight excluding hydrogens is 375 g/mol. The van der Waals surface area contributed by atoms with E-state index in [0.717, 1.165) is 27.9 Å². The monoisotopic (exact) mass is 395 g/mol. The minimum atomic E-state index is -0.291. The van der Waals surface area contributed by atoms with Gasteiger partial charge in [-0.25, -0.2) is 9.97 Å². The van der Waals surface area contributed by atoms with Crippen LogP contribution < -0.4 is 10.1 Å². The van der Waals surface area contributed by atoms with E-state index in [9.17, 15) is 4.79 Å². The summed E-state index contributed by atoms with van der Waals surface area (Å²) in [5.41, 5.74) is 3.19. The number of hydrogen-bond donors (Lipinski definition) is 1. The number of hydrogen-bond acceptors (Lipinski definition) is 5. The van der Waals surface area contributed by atoms with Crippen LogP contribution in [0.3, 0.4) is 0 Å². The number of nitrogens with one attached hydrogen (secondary N) is 1. The molecule has 3 aromatic heterocycles. The number of aryl methyl sites for hydroxylation is 1. The van der Waals surface area contributed by atoms with Crippen LogP contribution in [0.15, 0.2) is 61.3 Å². The number of imidazole rings is 1. The molecule has 0 fully saturated rings. The molecule has 3 heterocycles. The summed E-state index contributed by atoms with van der Waals surface area (Å²) >= 11 is 0. The van der Waals surface area contributed by atoms with E-state index in [0.29, 0.717) is 11.4 Å². The van der Waals surface area contributed by atoms with Crippen molar-refractivity contribution in [3.63, 3.8) is 0 Å². The number of nitrogens with zero attached hydrogens (tertiary/aromatic N) is 4. The number of ether oxygens (including phenoxy) is 1. The van der Waals surface area contributed by atoms with Crippen molar-refractivity contribution in [3.05, 3.63) is 66.9 Å². The number of pyridine rings is 2. The number of benzene rings is 1. The lowest BCUT2D eigenvalue weighted by molar-refractivity contribution is 0.102. The summed E-state index contributed by atoms with van der Waals surface area (Å²) in [6.07, 6.45) is 6.98. The highest BCUT2D eigenvalue weighted by molar-refractivity contribution is 6.58. The van der Waals surface area contributed by atoms with E-state index in [2.05, 4.69) is 20.3 Å². The second kappa shape index (κ2) is 7.70. The quantitative estimate of drug-likeness (QED) is 0.488. The molecule has 0 unspecified atom stereocenters. The molecule has 0 bridgehead atoms. The Bertz CT molecular complexity index is 1220. The zero-order valence-corrected chi connectivity index (χ0v) is 17.4. The average Bonchev–Trinajstić information content (AvgIpc) is 3.12. The molecular formula is C20H20B3N5O2. The molecule has 0 aliphatic heterocycles. The SMILES string of the molecule is BC(B)(B)Oc1ccc(C(=O)Nc2cc3cc(-c4cncn4C)cnc3cn2)cc1. The van der Waals surface area contributed by atoms with Crippen LogP contribution in [0, 0.1) is 0 Å². The Kier molecular flexibility index (Phi) is 5.07. The van der Waals surface area contributed by atoms with Crippen molar-refractivity contribution in [1.29, 1.82) is 0 Å². The maximum absolute atomic E-state index is 12.6. The van der Waals surface area contributed by atoms with E-state index < -0.39 is 0 Å². The molecule has 4 rings (SSSR count). The van der Waals surface area contributed by atoms with Gasteiger partial charge >= 0.3 is 0 Å². The van der Waals surface area contributed by atoms with Crippen molar-refractivity contribution < 1.29 is 9.53 Å². The standard InChI is InChI=1S/C20H20B3N5O2/c1-28-11-24-10-17(28)14-6-13-7-18(26-9-16(13)25-8-14)27-19(29)12-2-4-15(5-3-12)30-20(21,22)23/h2-11H,21-23H2,1H3,(H,26,27,29). The minimum Gasteiger partial charge on any atom is -0.514 e. The van der Waals surface area contributed by atoms with E-state index in [-0.39, 0.29) is 11.2 Å². The second-order valence-electron chi connectivity index (χ2n) is 8.07. The first kappa shape index (κ1) is 19.8. The van der Waals surface area contributed by atoms with Crippen molar-refractivity contribution >= 4 is 46.2 Å². The van der Waals surface area contributed by atoms with Gasteiger partial charge in [0.25, 0.3) is 5.91 Å². The number of amides is 1. The number of rotatable bonds is 5. The third kappa shape index (κ3) is 4.37. The van der Waals surface area contributed by atoms with Gasteiger partial charge in [-0.1, -0.05) is 0 Å². The van der Waals surface area contributed by atoms with Crippen LogP contribution in [0.2, 0.25) is 0 Å². The summed E-state index contributed by atoms with van der Waals surface area (Å²) in [6, 6.07) is 10.9. The van der Waals surface area contributed by atoms with Crippen molar-refractivity contribution in [2.75, 3.05) is 5.32 Å². The van der Waals surface area contributed by atoms with E-state index in [4.69, 9.17) is 4.74 Å². The summed E-state index contributed by atoms with van der Waals surface area (Å²) in [5.74, 6) is 0.947. The fraction of sp³-hybridized carbons (Fsp3) is 0.100. The molecule has 1 aromatic carbocycles. The highest BCUT2D eigenvalue weighted by Crippen LogP contribution is 2.23. The Morgan fingerprint density at radius 3 is 2.50 bits per heavy atom. The summed E-state index contributed by atoms with van der Waals surface area (Å²) in [6.45, 7) is 0. The largest absolute Gasteiger partial charge is 0.514 e. The van der Waals surface area contributed by atoms with Crippen molar-refractivity contribution in [1.82, 2.24) is 19.5 Å². The van der Waals surface area contributed by atoms with E-state index in [1.54, 1.807) is 49.2 Å². The number of carbonyl (C=O) groups excluding carboxylic acids is 1. The van der Waals surface area contributed by atoms with Crippen LogP contribution in [0.1, 0.15) is 10.4 Å². The van der Waals surface area contributed by atoms with E-state index in [1.165, 1.54) is 0 Å². The minimum absolute atomic E-state index is 0.236. The molecule has 1 amide bonds. The normalized spacial score (nSPS) is 11.4. The van der Waals surface area contributed by atoms with Crippen LogP contribution in [-0.4, -0.2) is 54.3 Å². The second-order valence-corrected chi connectivity index (χ2v) is 8.07. The molecule has 0 saturated heterocycles. The molecule has 10 heteroatoms. The smallest absolute Gasteiger partial charge is 0.256 e. The van der Waals surface area contributed by atoms with Gasteiger partial charge in [0.2, 0.25) is 0 Å². The van der Waals surface area contributed by atoms with Gasteiger partial charge in [-0.2, -0.15) is 0 Å². The number of aromatic nitrogens is 4. The van der Waals surface area contributed by atoms with Gasteiger partial charge < -0.3 is 14.6 Å². The topological polar surface area (TPSA) is 81.9 Å². The first-order valence-electron chi connectivity index (χ1n) is 9.61. The van der Waals surface area contributed by atoms with Crippen LogP contribution in [-0.2, 0) is 7.05 Å². The van der Waals surface area contributed by atoms with Gasteiger partial charge in [0.1, 0.15) is 35.1 Å². The van der Waals surface area contributed by atoms with Crippen molar-refractivity contribution in [2.24, 2.45) is 7.05 Å². The van der Waals surface area contributed by atoms with Gasteiger partial charge in [-0.05, 0) is 36.4 Å². The Labute approximate surface area is 177 Å². The van der Waals surface area contributed by atoms with Crippen molar-refractivity contribution in [2.45, 2.75) is 5.30 Å². The molecule has 0 atom stereocenters. The maximum Gasteiger partial charge on any atom is 0.256 e. The lowest BCUT2D eigenvalue weighted by atomic mass is 9.52. The summed E-state index contributed by atoms with van der Waals surface area (Å²) in [4.78, 5) is 25.6. The Morgan fingerprint density at radius 2 is 1.83 bits per heavy atom. The van der Waals surface area contributed by atoms with E-state index in [1.807, 2.05) is 47.3 Å². The molecule has 4 aromatic rings. The third-order valence-corrected chi connectivity index (χ3v) is 4.46. The predicted octanol–water partition coefficient (Wildman–Crippen LogP) is 0.172. The zero-order chi connectivity index (χ0) is 21.3. The summed E-state index contributed by atoms with van der Waals surface area (Å²) in [7, 11) is 7.87. The lowest BCUT2D eigenvalue weighted by Crippen LogP contribution is -2.37. The van der Waals surface area contributed by atoms with Crippen LogP contribution in [0.4, 0.5) is 5.82 Å². The highest BCUT2D eigenvalue weighted by atomic mass is 16.5.